The Bertz CT molecular complexity index is 138. The molecule has 0 radical (unpaired) electrons. The highest BCUT2D eigenvalue weighted by Crippen LogP contribution is 2.32. The highest BCUT2D eigenvalue weighted by atomic mass is 79.9. The molecular weight excluding hydrogens is 220 g/mol. The van der Waals surface area contributed by atoms with Gasteiger partial charge < -0.3 is 9.47 Å². The van der Waals surface area contributed by atoms with Crippen molar-refractivity contribution in [2.75, 3.05) is 13.7 Å². The van der Waals surface area contributed by atoms with E-state index in [1.807, 2.05) is 0 Å². The Morgan fingerprint density at radius 2 is 2.17 bits per heavy atom. The number of hydrogen-bond donors (Lipinski definition) is 0. The fourth-order valence-corrected chi connectivity index (χ4v) is 2.23. The van der Waals surface area contributed by atoms with Crippen LogP contribution in [0.4, 0.5) is 0 Å². The van der Waals surface area contributed by atoms with Crippen LogP contribution >= 0.6 is 15.9 Å². The number of methoxy groups -OCH3 is 1. The first-order valence-electron chi connectivity index (χ1n) is 4.43. The van der Waals surface area contributed by atoms with E-state index < -0.39 is 0 Å². The molecule has 0 amide bonds. The second-order valence-corrected chi connectivity index (χ2v) is 4.89. The molecule has 0 aromatic carbocycles. The summed E-state index contributed by atoms with van der Waals surface area (Å²) in [5.74, 6) is 0.608. The molecule has 0 aromatic heterocycles. The van der Waals surface area contributed by atoms with E-state index in [9.17, 15) is 0 Å². The van der Waals surface area contributed by atoms with E-state index in [0.717, 1.165) is 13.0 Å². The minimum absolute atomic E-state index is 0.253. The van der Waals surface area contributed by atoms with Crippen LogP contribution in [0.25, 0.3) is 0 Å². The summed E-state index contributed by atoms with van der Waals surface area (Å²) in [4.78, 5) is 0.486. The average molecular weight is 237 g/mol. The molecule has 0 saturated heterocycles. The standard InChI is InChI=1S/C9H17BrO2/c1-6(2)5-12-8-4-7(10)9(8)11-3/h6-9H,4-5H2,1-3H3. The Labute approximate surface area is 82.7 Å². The molecule has 1 fully saturated rings. The number of ether oxygens (including phenoxy) is 2. The fraction of sp³-hybridized carbons (Fsp3) is 1.00. The third kappa shape index (κ3) is 2.44. The maximum absolute atomic E-state index is 5.66. The summed E-state index contributed by atoms with van der Waals surface area (Å²) < 4.78 is 10.9. The lowest BCUT2D eigenvalue weighted by atomic mass is 9.91. The van der Waals surface area contributed by atoms with Crippen LogP contribution in [-0.2, 0) is 9.47 Å². The molecule has 72 valence electrons. The van der Waals surface area contributed by atoms with Gasteiger partial charge in [0, 0.05) is 18.5 Å². The lowest BCUT2D eigenvalue weighted by Crippen LogP contribution is -2.50. The van der Waals surface area contributed by atoms with Crippen molar-refractivity contribution in [3.05, 3.63) is 0 Å². The number of alkyl halides is 1. The van der Waals surface area contributed by atoms with Gasteiger partial charge in [0.1, 0.15) is 0 Å². The smallest absolute Gasteiger partial charge is 0.0958 e. The third-order valence-electron chi connectivity index (χ3n) is 2.10. The van der Waals surface area contributed by atoms with Gasteiger partial charge in [0.05, 0.1) is 12.2 Å². The molecule has 1 rings (SSSR count). The van der Waals surface area contributed by atoms with E-state index in [1.54, 1.807) is 7.11 Å². The normalized spacial score (nSPS) is 35.2. The molecule has 3 atom stereocenters. The Kier molecular flexibility index (Phi) is 4.00. The van der Waals surface area contributed by atoms with Crippen molar-refractivity contribution >= 4 is 15.9 Å². The number of hydrogen-bond acceptors (Lipinski definition) is 2. The SMILES string of the molecule is COC1C(Br)CC1OCC(C)C. The molecule has 0 N–H and O–H groups in total. The minimum atomic E-state index is 0.253. The monoisotopic (exact) mass is 236 g/mol. The van der Waals surface area contributed by atoms with Gasteiger partial charge in [-0.3, -0.25) is 0 Å². The summed E-state index contributed by atoms with van der Waals surface area (Å²) in [6.07, 6.45) is 1.64. The summed E-state index contributed by atoms with van der Waals surface area (Å²) in [6.45, 7) is 5.16. The number of halogens is 1. The van der Waals surface area contributed by atoms with E-state index in [2.05, 4.69) is 29.8 Å². The quantitative estimate of drug-likeness (QED) is 0.698. The van der Waals surface area contributed by atoms with Gasteiger partial charge in [0.25, 0.3) is 0 Å². The molecule has 12 heavy (non-hydrogen) atoms. The Morgan fingerprint density at radius 3 is 2.58 bits per heavy atom. The van der Waals surface area contributed by atoms with Gasteiger partial charge in [-0.1, -0.05) is 29.8 Å². The first-order valence-corrected chi connectivity index (χ1v) is 5.35. The van der Waals surface area contributed by atoms with E-state index in [0.29, 0.717) is 16.8 Å². The topological polar surface area (TPSA) is 18.5 Å². The van der Waals surface area contributed by atoms with Crippen LogP contribution in [0.2, 0.25) is 0 Å². The maximum Gasteiger partial charge on any atom is 0.0958 e. The highest BCUT2D eigenvalue weighted by Gasteiger charge is 2.40. The Hall–Kier alpha value is 0.400. The van der Waals surface area contributed by atoms with Crippen molar-refractivity contribution in [1.29, 1.82) is 0 Å². The van der Waals surface area contributed by atoms with Crippen molar-refractivity contribution < 1.29 is 9.47 Å². The van der Waals surface area contributed by atoms with E-state index >= 15 is 0 Å². The molecule has 2 nitrogen and oxygen atoms in total. The van der Waals surface area contributed by atoms with Crippen LogP contribution in [0.3, 0.4) is 0 Å². The molecule has 0 bridgehead atoms. The summed E-state index contributed by atoms with van der Waals surface area (Å²) in [6, 6.07) is 0. The first kappa shape index (κ1) is 10.5. The largest absolute Gasteiger partial charge is 0.378 e. The van der Waals surface area contributed by atoms with Crippen LogP contribution in [0.5, 0.6) is 0 Å². The van der Waals surface area contributed by atoms with E-state index in [-0.39, 0.29) is 6.10 Å². The molecule has 0 aromatic rings. The molecule has 0 heterocycles. The molecule has 1 aliphatic rings. The van der Waals surface area contributed by atoms with Crippen molar-refractivity contribution in [2.45, 2.75) is 37.3 Å². The van der Waals surface area contributed by atoms with Gasteiger partial charge in [-0.25, -0.2) is 0 Å². The summed E-state index contributed by atoms with van der Waals surface area (Å²) >= 11 is 3.53. The zero-order valence-electron chi connectivity index (χ0n) is 7.92. The predicted octanol–water partition coefficient (Wildman–Crippen LogP) is 2.21. The van der Waals surface area contributed by atoms with Crippen molar-refractivity contribution in [3.8, 4) is 0 Å². The second-order valence-electron chi connectivity index (χ2n) is 3.72. The molecule has 1 saturated carbocycles. The Balaban J connectivity index is 2.17. The lowest BCUT2D eigenvalue weighted by Gasteiger charge is -2.40. The van der Waals surface area contributed by atoms with Gasteiger partial charge in [-0.05, 0) is 12.3 Å². The van der Waals surface area contributed by atoms with Crippen LogP contribution in [0, 0.1) is 5.92 Å². The lowest BCUT2D eigenvalue weighted by molar-refractivity contribution is -0.112. The molecule has 3 unspecified atom stereocenters. The van der Waals surface area contributed by atoms with Gasteiger partial charge in [0.2, 0.25) is 0 Å². The van der Waals surface area contributed by atoms with Crippen LogP contribution in [0.1, 0.15) is 20.3 Å². The van der Waals surface area contributed by atoms with Crippen molar-refractivity contribution in [2.24, 2.45) is 5.92 Å². The van der Waals surface area contributed by atoms with E-state index in [1.165, 1.54) is 0 Å². The Morgan fingerprint density at radius 1 is 1.50 bits per heavy atom. The zero-order chi connectivity index (χ0) is 9.14. The van der Waals surface area contributed by atoms with Crippen molar-refractivity contribution in [1.82, 2.24) is 0 Å². The van der Waals surface area contributed by atoms with Gasteiger partial charge in [-0.15, -0.1) is 0 Å². The van der Waals surface area contributed by atoms with Crippen LogP contribution in [0.15, 0.2) is 0 Å². The van der Waals surface area contributed by atoms with Gasteiger partial charge >= 0.3 is 0 Å². The molecule has 3 heteroatoms. The van der Waals surface area contributed by atoms with E-state index in [4.69, 9.17) is 9.47 Å². The average Bonchev–Trinajstić information content (AvgIpc) is 1.97. The summed E-state index contributed by atoms with van der Waals surface area (Å²) in [5, 5.41) is 0. The fourth-order valence-electron chi connectivity index (χ4n) is 1.31. The number of rotatable bonds is 4. The third-order valence-corrected chi connectivity index (χ3v) is 2.99. The van der Waals surface area contributed by atoms with Gasteiger partial charge in [-0.2, -0.15) is 0 Å². The van der Waals surface area contributed by atoms with Crippen LogP contribution in [-0.4, -0.2) is 30.8 Å². The van der Waals surface area contributed by atoms with Crippen LogP contribution < -0.4 is 0 Å². The minimum Gasteiger partial charge on any atom is -0.378 e. The van der Waals surface area contributed by atoms with Crippen molar-refractivity contribution in [3.63, 3.8) is 0 Å². The highest BCUT2D eigenvalue weighted by molar-refractivity contribution is 9.09. The molecular formula is C9H17BrO2. The molecule has 0 spiro atoms. The zero-order valence-corrected chi connectivity index (χ0v) is 9.50. The van der Waals surface area contributed by atoms with Gasteiger partial charge in [0.15, 0.2) is 0 Å². The maximum atomic E-state index is 5.66. The predicted molar refractivity (Wildman–Crippen MR) is 52.7 cm³/mol. The second kappa shape index (κ2) is 4.58. The first-order chi connectivity index (χ1) is 5.65. The summed E-state index contributed by atoms with van der Waals surface area (Å²) in [5.41, 5.74) is 0. The molecule has 1 aliphatic carbocycles. The summed E-state index contributed by atoms with van der Waals surface area (Å²) in [7, 11) is 1.74. The molecule has 0 aliphatic heterocycles.